The fourth-order valence-corrected chi connectivity index (χ4v) is 0.389. The van der Waals surface area contributed by atoms with Gasteiger partial charge in [-0.2, -0.15) is 0 Å². The number of nitrogens with one attached hydrogen (secondary N) is 1. The smallest absolute Gasteiger partial charge is 0.331 e. The first-order valence-corrected chi connectivity index (χ1v) is 3.10. The highest BCUT2D eigenvalue weighted by molar-refractivity contribution is 5.70. The highest BCUT2D eigenvalue weighted by Crippen LogP contribution is 1.76. The Kier molecular flexibility index (Phi) is 6.11. The van der Waals surface area contributed by atoms with Crippen LogP contribution in [0.5, 0.6) is 0 Å². The van der Waals surface area contributed by atoms with Gasteiger partial charge in [-0.25, -0.2) is 4.79 Å². The first kappa shape index (κ1) is 9.39. The Morgan fingerprint density at radius 1 is 1.60 bits per heavy atom. The average Bonchev–Trinajstić information content (AvgIpc) is 1.98. The summed E-state index contributed by atoms with van der Waals surface area (Å²) in [6, 6.07) is 0. The monoisotopic (exact) mass is 147 g/mol. The van der Waals surface area contributed by atoms with Crippen molar-refractivity contribution in [1.29, 1.82) is 0 Å². The molecule has 0 spiro atoms. The van der Waals surface area contributed by atoms with Gasteiger partial charge in [0, 0.05) is 6.54 Å². The van der Waals surface area contributed by atoms with Crippen molar-refractivity contribution < 1.29 is 14.3 Å². The molecule has 0 aromatic heterocycles. The maximum atomic E-state index is 10.4. The minimum absolute atomic E-state index is 0.0399. The second kappa shape index (κ2) is 6.51. The molecule has 0 aliphatic heterocycles. The molecule has 0 fully saturated rings. The first-order valence-electron chi connectivity index (χ1n) is 3.10. The number of rotatable bonds is 5. The SMILES string of the molecule is CNCCOCC(=O)OC. The lowest BCUT2D eigenvalue weighted by molar-refractivity contribution is -0.145. The highest BCUT2D eigenvalue weighted by Gasteiger charge is 1.97. The summed E-state index contributed by atoms with van der Waals surface area (Å²) in [6.45, 7) is 1.32. The third-order valence-corrected chi connectivity index (χ3v) is 0.944. The molecule has 0 aromatic carbocycles. The van der Waals surface area contributed by atoms with E-state index in [1.165, 1.54) is 7.11 Å². The van der Waals surface area contributed by atoms with E-state index in [9.17, 15) is 4.79 Å². The fourth-order valence-electron chi connectivity index (χ4n) is 0.389. The van der Waals surface area contributed by atoms with E-state index in [-0.39, 0.29) is 12.6 Å². The molecule has 0 bridgehead atoms. The van der Waals surface area contributed by atoms with Crippen LogP contribution in [0.3, 0.4) is 0 Å². The van der Waals surface area contributed by atoms with E-state index in [4.69, 9.17) is 4.74 Å². The van der Waals surface area contributed by atoms with Crippen LogP contribution in [0.15, 0.2) is 0 Å². The second-order valence-corrected chi connectivity index (χ2v) is 1.73. The van der Waals surface area contributed by atoms with Crippen molar-refractivity contribution in [3.8, 4) is 0 Å². The molecule has 4 heteroatoms. The van der Waals surface area contributed by atoms with Crippen LogP contribution < -0.4 is 5.32 Å². The molecular weight excluding hydrogens is 134 g/mol. The van der Waals surface area contributed by atoms with Gasteiger partial charge >= 0.3 is 5.97 Å². The number of carbonyl (C=O) groups is 1. The lowest BCUT2D eigenvalue weighted by atomic mass is 10.6. The van der Waals surface area contributed by atoms with Crippen LogP contribution in [0.2, 0.25) is 0 Å². The summed E-state index contributed by atoms with van der Waals surface area (Å²) in [5.41, 5.74) is 0. The Morgan fingerprint density at radius 3 is 2.80 bits per heavy atom. The van der Waals surface area contributed by atoms with E-state index in [2.05, 4.69) is 10.1 Å². The minimum Gasteiger partial charge on any atom is -0.467 e. The zero-order valence-corrected chi connectivity index (χ0v) is 6.35. The summed E-state index contributed by atoms with van der Waals surface area (Å²) in [4.78, 5) is 10.4. The van der Waals surface area contributed by atoms with Gasteiger partial charge in [0.25, 0.3) is 0 Å². The summed E-state index contributed by atoms with van der Waals surface area (Å²) in [7, 11) is 3.16. The molecule has 0 rings (SSSR count). The van der Waals surface area contributed by atoms with Crippen molar-refractivity contribution in [2.75, 3.05) is 33.9 Å². The van der Waals surface area contributed by atoms with E-state index in [0.717, 1.165) is 6.54 Å². The molecule has 0 amide bonds. The summed E-state index contributed by atoms with van der Waals surface area (Å²) in [6.07, 6.45) is 0. The van der Waals surface area contributed by atoms with E-state index < -0.39 is 0 Å². The topological polar surface area (TPSA) is 47.6 Å². The Hall–Kier alpha value is -0.610. The molecule has 0 heterocycles. The molecule has 0 radical (unpaired) electrons. The van der Waals surface area contributed by atoms with Crippen LogP contribution in [-0.2, 0) is 14.3 Å². The molecule has 0 aliphatic carbocycles. The zero-order chi connectivity index (χ0) is 7.82. The Morgan fingerprint density at radius 2 is 2.30 bits per heavy atom. The number of esters is 1. The van der Waals surface area contributed by atoms with Crippen molar-refractivity contribution in [3.63, 3.8) is 0 Å². The van der Waals surface area contributed by atoms with Gasteiger partial charge in [-0.15, -0.1) is 0 Å². The van der Waals surface area contributed by atoms with Crippen LogP contribution >= 0.6 is 0 Å². The maximum absolute atomic E-state index is 10.4. The lowest BCUT2D eigenvalue weighted by Gasteiger charge is -2.00. The standard InChI is InChI=1S/C6H13NO3/c1-7-3-4-10-5-6(8)9-2/h7H,3-5H2,1-2H3. The number of carbonyl (C=O) groups excluding carboxylic acids is 1. The van der Waals surface area contributed by atoms with Gasteiger partial charge in [-0.3, -0.25) is 0 Å². The Bertz CT molecular complexity index is 95.0. The third kappa shape index (κ3) is 5.53. The van der Waals surface area contributed by atoms with Crippen LogP contribution in [-0.4, -0.2) is 39.9 Å². The minimum atomic E-state index is -0.337. The van der Waals surface area contributed by atoms with Gasteiger partial charge in [0.1, 0.15) is 6.61 Å². The molecule has 0 atom stereocenters. The van der Waals surface area contributed by atoms with Gasteiger partial charge in [-0.1, -0.05) is 0 Å². The van der Waals surface area contributed by atoms with Crippen LogP contribution in [0, 0.1) is 0 Å². The fraction of sp³-hybridized carbons (Fsp3) is 0.833. The molecule has 1 N–H and O–H groups in total. The average molecular weight is 147 g/mol. The molecule has 0 unspecified atom stereocenters. The summed E-state index contributed by atoms with van der Waals surface area (Å²) < 4.78 is 9.24. The second-order valence-electron chi connectivity index (χ2n) is 1.73. The molecule has 0 saturated carbocycles. The largest absolute Gasteiger partial charge is 0.467 e. The molecule has 0 saturated heterocycles. The zero-order valence-electron chi connectivity index (χ0n) is 6.35. The van der Waals surface area contributed by atoms with Gasteiger partial charge in [0.15, 0.2) is 0 Å². The van der Waals surface area contributed by atoms with E-state index in [1.807, 2.05) is 7.05 Å². The molecule has 4 nitrogen and oxygen atoms in total. The highest BCUT2D eigenvalue weighted by atomic mass is 16.6. The molecule has 0 aromatic rings. The quantitative estimate of drug-likeness (QED) is 0.416. The van der Waals surface area contributed by atoms with E-state index in [1.54, 1.807) is 0 Å². The lowest BCUT2D eigenvalue weighted by Crippen LogP contribution is -2.18. The number of likely N-dealkylation sites (N-methyl/N-ethyl adjacent to an activating group) is 1. The Labute approximate surface area is 60.5 Å². The van der Waals surface area contributed by atoms with Gasteiger partial charge in [-0.05, 0) is 7.05 Å². The van der Waals surface area contributed by atoms with Crippen molar-refractivity contribution >= 4 is 5.97 Å². The van der Waals surface area contributed by atoms with Crippen LogP contribution in [0.1, 0.15) is 0 Å². The summed E-state index contributed by atoms with van der Waals surface area (Å²) in [5.74, 6) is -0.337. The van der Waals surface area contributed by atoms with Crippen LogP contribution in [0.4, 0.5) is 0 Å². The molecule has 60 valence electrons. The van der Waals surface area contributed by atoms with E-state index in [0.29, 0.717) is 6.61 Å². The predicted molar refractivity (Wildman–Crippen MR) is 36.8 cm³/mol. The van der Waals surface area contributed by atoms with Gasteiger partial charge in [0.05, 0.1) is 13.7 Å². The summed E-state index contributed by atoms with van der Waals surface area (Å²) in [5, 5.41) is 2.88. The molecule has 0 aliphatic rings. The third-order valence-electron chi connectivity index (χ3n) is 0.944. The number of ether oxygens (including phenoxy) is 2. The number of methoxy groups -OCH3 is 1. The maximum Gasteiger partial charge on any atom is 0.331 e. The summed E-state index contributed by atoms with van der Waals surface area (Å²) >= 11 is 0. The first-order chi connectivity index (χ1) is 4.81. The van der Waals surface area contributed by atoms with Crippen molar-refractivity contribution in [3.05, 3.63) is 0 Å². The number of hydrogen-bond donors (Lipinski definition) is 1. The van der Waals surface area contributed by atoms with E-state index >= 15 is 0 Å². The number of hydrogen-bond acceptors (Lipinski definition) is 4. The molecule has 10 heavy (non-hydrogen) atoms. The normalized spacial score (nSPS) is 9.40. The Balaban J connectivity index is 2.96. The molecular formula is C6H13NO3. The van der Waals surface area contributed by atoms with Crippen LogP contribution in [0.25, 0.3) is 0 Å². The van der Waals surface area contributed by atoms with Gasteiger partial charge in [0.2, 0.25) is 0 Å². The van der Waals surface area contributed by atoms with Crippen molar-refractivity contribution in [2.45, 2.75) is 0 Å². The van der Waals surface area contributed by atoms with Crippen molar-refractivity contribution in [2.24, 2.45) is 0 Å². The van der Waals surface area contributed by atoms with Crippen molar-refractivity contribution in [1.82, 2.24) is 5.32 Å². The predicted octanol–water partition coefficient (Wildman–Crippen LogP) is -0.605. The van der Waals surface area contributed by atoms with Gasteiger partial charge < -0.3 is 14.8 Å².